The summed E-state index contributed by atoms with van der Waals surface area (Å²) in [5.74, 6) is 0. The van der Waals surface area contributed by atoms with Crippen molar-refractivity contribution in [1.29, 1.82) is 0 Å². The van der Waals surface area contributed by atoms with Crippen LogP contribution in [0.25, 0.3) is 0 Å². The molecule has 5 atom stereocenters. The molecule has 0 saturated carbocycles. The fraction of sp³-hybridized carbons (Fsp3) is 1.00. The highest BCUT2D eigenvalue weighted by Crippen LogP contribution is 2.17. The summed E-state index contributed by atoms with van der Waals surface area (Å²) in [6.07, 6.45) is -3.91. The Morgan fingerprint density at radius 3 is 2.27 bits per heavy atom. The molecule has 0 aromatic carbocycles. The second kappa shape index (κ2) is 3.04. The summed E-state index contributed by atoms with van der Waals surface area (Å²) < 4.78 is 4.80. The quantitative estimate of drug-likeness (QED) is 0.324. The molecule has 0 aliphatic carbocycles. The van der Waals surface area contributed by atoms with E-state index in [2.05, 4.69) is 0 Å². The molecule has 0 aromatic heterocycles. The minimum Gasteiger partial charge on any atom is -0.388 e. The number of aliphatic hydroxyl groups excluding tert-OH is 3. The van der Waals surface area contributed by atoms with Crippen molar-refractivity contribution < 1.29 is 20.1 Å². The van der Waals surface area contributed by atoms with E-state index in [0.717, 1.165) is 0 Å². The second-order valence-electron chi connectivity index (χ2n) is 2.79. The molecule has 0 amide bonds. The molecule has 0 aromatic rings. The van der Waals surface area contributed by atoms with E-state index in [4.69, 9.17) is 20.7 Å². The number of hydrogen-bond acceptors (Lipinski definition) is 5. The highest BCUT2D eigenvalue weighted by Gasteiger charge is 2.39. The van der Waals surface area contributed by atoms with E-state index in [1.54, 1.807) is 6.92 Å². The Hall–Kier alpha value is -0.200. The van der Waals surface area contributed by atoms with Gasteiger partial charge in [-0.1, -0.05) is 0 Å². The largest absolute Gasteiger partial charge is 0.388 e. The van der Waals surface area contributed by atoms with Crippen molar-refractivity contribution in [3.05, 3.63) is 0 Å². The summed E-state index contributed by atoms with van der Waals surface area (Å²) >= 11 is 0. The van der Waals surface area contributed by atoms with Crippen molar-refractivity contribution in [3.63, 3.8) is 0 Å². The van der Waals surface area contributed by atoms with Crippen LogP contribution in [0.5, 0.6) is 0 Å². The van der Waals surface area contributed by atoms with Crippen LogP contribution in [0.2, 0.25) is 0 Å². The van der Waals surface area contributed by atoms with Crippen molar-refractivity contribution in [3.8, 4) is 0 Å². The van der Waals surface area contributed by atoms with Gasteiger partial charge in [-0.2, -0.15) is 0 Å². The van der Waals surface area contributed by atoms with Crippen molar-refractivity contribution in [2.45, 2.75) is 37.6 Å². The van der Waals surface area contributed by atoms with Gasteiger partial charge in [0.05, 0.1) is 12.1 Å². The van der Waals surface area contributed by atoms with Gasteiger partial charge in [0.2, 0.25) is 0 Å². The van der Waals surface area contributed by atoms with Crippen LogP contribution in [-0.4, -0.2) is 46.0 Å². The number of ether oxygens (including phenoxy) is 1. The number of aliphatic hydroxyl groups is 3. The van der Waals surface area contributed by atoms with Crippen LogP contribution in [0.3, 0.4) is 0 Å². The summed E-state index contributed by atoms with van der Waals surface area (Å²) in [6.45, 7) is 1.56. The summed E-state index contributed by atoms with van der Waals surface area (Å²) in [4.78, 5) is 0. The fourth-order valence-corrected chi connectivity index (χ4v) is 1.07. The van der Waals surface area contributed by atoms with Gasteiger partial charge in [-0.25, -0.2) is 0 Å². The van der Waals surface area contributed by atoms with E-state index in [1.165, 1.54) is 0 Å². The molecule has 5 nitrogen and oxygen atoms in total. The van der Waals surface area contributed by atoms with Gasteiger partial charge in [0.15, 0.2) is 6.29 Å². The van der Waals surface area contributed by atoms with Crippen LogP contribution >= 0.6 is 0 Å². The maximum Gasteiger partial charge on any atom is 0.172 e. The van der Waals surface area contributed by atoms with Gasteiger partial charge in [-0.05, 0) is 6.92 Å². The van der Waals surface area contributed by atoms with Crippen LogP contribution in [0.15, 0.2) is 0 Å². The van der Waals surface area contributed by atoms with Crippen LogP contribution < -0.4 is 5.73 Å². The monoisotopic (exact) mass is 163 g/mol. The lowest BCUT2D eigenvalue weighted by atomic mass is 9.99. The minimum absolute atomic E-state index is 0.584. The first-order chi connectivity index (χ1) is 5.04. The van der Waals surface area contributed by atoms with Crippen molar-refractivity contribution >= 4 is 0 Å². The third-order valence-corrected chi connectivity index (χ3v) is 1.91. The predicted octanol–water partition coefficient (Wildman–Crippen LogP) is -2.23. The molecular formula is C6H13NO4. The standard InChI is InChI=1S/C6H13NO4/c1-2-4(8)5(9)3(7)6(10)11-2/h2-6,8-10H,7H2,1H3/t2-,3-,4+,5-,6-/m0/s1. The van der Waals surface area contributed by atoms with E-state index in [-0.39, 0.29) is 0 Å². The first kappa shape index (κ1) is 8.89. The highest BCUT2D eigenvalue weighted by atomic mass is 16.6. The molecule has 1 fully saturated rings. The van der Waals surface area contributed by atoms with Gasteiger partial charge in [0, 0.05) is 0 Å². The third kappa shape index (κ3) is 1.52. The Labute approximate surface area is 64.4 Å². The van der Waals surface area contributed by atoms with Gasteiger partial charge >= 0.3 is 0 Å². The van der Waals surface area contributed by atoms with E-state index < -0.39 is 30.6 Å². The van der Waals surface area contributed by atoms with Crippen LogP contribution in [0.1, 0.15) is 6.92 Å². The molecule has 1 saturated heterocycles. The summed E-state index contributed by atoms with van der Waals surface area (Å²) in [6, 6.07) is -0.929. The molecule has 1 heterocycles. The lowest BCUT2D eigenvalue weighted by Gasteiger charge is -2.37. The molecule has 1 rings (SSSR count). The topological polar surface area (TPSA) is 95.9 Å². The van der Waals surface area contributed by atoms with E-state index in [9.17, 15) is 5.11 Å². The Kier molecular flexibility index (Phi) is 2.46. The van der Waals surface area contributed by atoms with Crippen LogP contribution in [-0.2, 0) is 4.74 Å². The molecule has 1 aliphatic rings. The average molecular weight is 163 g/mol. The molecule has 11 heavy (non-hydrogen) atoms. The molecule has 0 unspecified atom stereocenters. The van der Waals surface area contributed by atoms with Crippen molar-refractivity contribution in [2.24, 2.45) is 5.73 Å². The third-order valence-electron chi connectivity index (χ3n) is 1.91. The molecule has 1 aliphatic heterocycles. The van der Waals surface area contributed by atoms with Gasteiger partial charge in [-0.15, -0.1) is 0 Å². The molecule has 0 bridgehead atoms. The van der Waals surface area contributed by atoms with Crippen LogP contribution in [0.4, 0.5) is 0 Å². The molecular weight excluding hydrogens is 150 g/mol. The maximum absolute atomic E-state index is 9.17. The lowest BCUT2D eigenvalue weighted by molar-refractivity contribution is -0.236. The number of nitrogens with two attached hydrogens (primary N) is 1. The van der Waals surface area contributed by atoms with Crippen LogP contribution in [0, 0.1) is 0 Å². The lowest BCUT2D eigenvalue weighted by Crippen LogP contribution is -2.60. The fourth-order valence-electron chi connectivity index (χ4n) is 1.07. The second-order valence-corrected chi connectivity index (χ2v) is 2.79. The number of hydrogen-bond donors (Lipinski definition) is 4. The molecule has 0 spiro atoms. The summed E-state index contributed by atoms with van der Waals surface area (Å²) in [5.41, 5.74) is 5.29. The Morgan fingerprint density at radius 2 is 1.73 bits per heavy atom. The summed E-state index contributed by atoms with van der Waals surface area (Å²) in [7, 11) is 0. The SMILES string of the molecule is C[C@@H]1O[C@H](O)[C@@H](N)[C@H](O)[C@@H]1O. The normalized spacial score (nSPS) is 52.6. The van der Waals surface area contributed by atoms with E-state index in [1.807, 2.05) is 0 Å². The van der Waals surface area contributed by atoms with Crippen molar-refractivity contribution in [1.82, 2.24) is 0 Å². The van der Waals surface area contributed by atoms with Gasteiger partial charge in [0.25, 0.3) is 0 Å². The first-order valence-electron chi connectivity index (χ1n) is 3.49. The zero-order chi connectivity index (χ0) is 8.59. The Morgan fingerprint density at radius 1 is 1.18 bits per heavy atom. The molecule has 66 valence electrons. The van der Waals surface area contributed by atoms with Gasteiger partial charge in [-0.3, -0.25) is 0 Å². The average Bonchev–Trinajstić information content (AvgIpc) is 1.97. The molecule has 5 heteroatoms. The van der Waals surface area contributed by atoms with E-state index in [0.29, 0.717) is 0 Å². The molecule has 0 radical (unpaired) electrons. The number of rotatable bonds is 0. The summed E-state index contributed by atoms with van der Waals surface area (Å²) in [5, 5.41) is 27.4. The van der Waals surface area contributed by atoms with E-state index >= 15 is 0 Å². The Balaban J connectivity index is 2.63. The Bertz CT molecular complexity index is 129. The smallest absolute Gasteiger partial charge is 0.172 e. The van der Waals surface area contributed by atoms with Gasteiger partial charge in [0.1, 0.15) is 12.2 Å². The predicted molar refractivity (Wildman–Crippen MR) is 36.5 cm³/mol. The molecule has 5 N–H and O–H groups in total. The zero-order valence-corrected chi connectivity index (χ0v) is 6.21. The van der Waals surface area contributed by atoms with Gasteiger partial charge < -0.3 is 25.8 Å². The van der Waals surface area contributed by atoms with Crippen molar-refractivity contribution in [2.75, 3.05) is 0 Å². The minimum atomic E-state index is -1.19. The zero-order valence-electron chi connectivity index (χ0n) is 6.21. The maximum atomic E-state index is 9.17. The highest BCUT2D eigenvalue weighted by molar-refractivity contribution is 4.88. The first-order valence-corrected chi connectivity index (χ1v) is 3.49.